The molecular weight excluding hydrogens is 224 g/mol. The molecule has 0 saturated heterocycles. The lowest BCUT2D eigenvalue weighted by atomic mass is 10.1. The first-order valence-electron chi connectivity index (χ1n) is 6.43. The fourth-order valence-corrected chi connectivity index (χ4v) is 1.89. The third-order valence-corrected chi connectivity index (χ3v) is 2.75. The summed E-state index contributed by atoms with van der Waals surface area (Å²) in [6.45, 7) is 6.85. The van der Waals surface area contributed by atoms with Crippen LogP contribution >= 0.6 is 0 Å². The van der Waals surface area contributed by atoms with Gasteiger partial charge in [0.2, 0.25) is 0 Å². The predicted octanol–water partition coefficient (Wildman–Crippen LogP) is 2.13. The zero-order valence-electron chi connectivity index (χ0n) is 11.1. The van der Waals surface area contributed by atoms with Gasteiger partial charge in [-0.05, 0) is 25.5 Å². The van der Waals surface area contributed by atoms with Gasteiger partial charge in [0.15, 0.2) is 0 Å². The van der Waals surface area contributed by atoms with Crippen molar-refractivity contribution in [2.45, 2.75) is 33.4 Å². The van der Waals surface area contributed by atoms with Crippen LogP contribution in [0.15, 0.2) is 30.5 Å². The van der Waals surface area contributed by atoms with Gasteiger partial charge >= 0.3 is 0 Å². The van der Waals surface area contributed by atoms with Crippen LogP contribution in [0.3, 0.4) is 0 Å². The monoisotopic (exact) mass is 244 g/mol. The zero-order valence-corrected chi connectivity index (χ0v) is 11.1. The summed E-state index contributed by atoms with van der Waals surface area (Å²) in [5.41, 5.74) is 3.53. The maximum Gasteiger partial charge on any atom is 0.0964 e. The lowest BCUT2D eigenvalue weighted by Gasteiger charge is -2.01. The molecule has 0 amide bonds. The van der Waals surface area contributed by atoms with Gasteiger partial charge in [0, 0.05) is 6.54 Å². The molecule has 1 N–H and O–H groups in total. The molecule has 18 heavy (non-hydrogen) atoms. The Morgan fingerprint density at radius 2 is 2.22 bits per heavy atom. The number of benzene rings is 1. The summed E-state index contributed by atoms with van der Waals surface area (Å²) in [7, 11) is 0. The molecule has 0 aliphatic rings. The van der Waals surface area contributed by atoms with Crippen molar-refractivity contribution >= 4 is 0 Å². The number of nitrogens with one attached hydrogen (secondary N) is 1. The summed E-state index contributed by atoms with van der Waals surface area (Å²) in [4.78, 5) is 0. The fraction of sp³-hybridized carbons (Fsp3) is 0.429. The van der Waals surface area contributed by atoms with E-state index in [1.54, 1.807) is 0 Å². The molecule has 96 valence electrons. The molecule has 0 atom stereocenters. The van der Waals surface area contributed by atoms with Crippen LogP contribution in [0.5, 0.6) is 0 Å². The number of aryl methyl sites for hydroxylation is 1. The fourth-order valence-electron chi connectivity index (χ4n) is 1.89. The van der Waals surface area contributed by atoms with Crippen molar-refractivity contribution in [1.82, 2.24) is 20.3 Å². The molecule has 1 aromatic heterocycles. The molecule has 0 unspecified atom stereocenters. The Morgan fingerprint density at radius 1 is 1.33 bits per heavy atom. The number of hydrogen-bond acceptors (Lipinski definition) is 3. The summed E-state index contributed by atoms with van der Waals surface area (Å²) in [6.07, 6.45) is 3.14. The van der Waals surface area contributed by atoms with Gasteiger partial charge in [0.05, 0.1) is 18.4 Å². The summed E-state index contributed by atoms with van der Waals surface area (Å²) in [5, 5.41) is 11.6. The standard InChI is InChI=1S/C14H20N4/c1-3-7-15-9-14-11-18(17-16-14)10-13-6-4-5-12(2)8-13/h4-6,8,11,15H,3,7,9-10H2,1-2H3. The van der Waals surface area contributed by atoms with E-state index in [0.717, 1.165) is 31.7 Å². The van der Waals surface area contributed by atoms with E-state index in [-0.39, 0.29) is 0 Å². The highest BCUT2D eigenvalue weighted by Crippen LogP contribution is 2.05. The van der Waals surface area contributed by atoms with E-state index in [9.17, 15) is 0 Å². The minimum atomic E-state index is 0.780. The Labute approximate surface area is 108 Å². The van der Waals surface area contributed by atoms with Crippen LogP contribution in [0.25, 0.3) is 0 Å². The van der Waals surface area contributed by atoms with Crippen molar-refractivity contribution in [3.8, 4) is 0 Å². The minimum Gasteiger partial charge on any atom is -0.311 e. The van der Waals surface area contributed by atoms with Gasteiger partial charge in [-0.15, -0.1) is 5.10 Å². The van der Waals surface area contributed by atoms with Crippen molar-refractivity contribution in [1.29, 1.82) is 0 Å². The highest BCUT2D eigenvalue weighted by atomic mass is 15.4. The second-order valence-electron chi connectivity index (χ2n) is 4.57. The molecule has 0 aliphatic heterocycles. The van der Waals surface area contributed by atoms with Gasteiger partial charge in [0.1, 0.15) is 0 Å². The van der Waals surface area contributed by atoms with E-state index in [0.29, 0.717) is 0 Å². The van der Waals surface area contributed by atoms with Gasteiger partial charge in [-0.2, -0.15) is 0 Å². The topological polar surface area (TPSA) is 42.7 Å². The Hall–Kier alpha value is -1.68. The Morgan fingerprint density at radius 3 is 3.00 bits per heavy atom. The number of rotatable bonds is 6. The average Bonchev–Trinajstić information content (AvgIpc) is 2.77. The molecule has 0 aliphatic carbocycles. The lowest BCUT2D eigenvalue weighted by Crippen LogP contribution is -2.13. The van der Waals surface area contributed by atoms with Gasteiger partial charge < -0.3 is 5.32 Å². The molecule has 0 spiro atoms. The molecule has 0 bridgehead atoms. The number of hydrogen-bond donors (Lipinski definition) is 1. The molecule has 2 rings (SSSR count). The third kappa shape index (κ3) is 3.67. The Kier molecular flexibility index (Phi) is 4.47. The first-order valence-corrected chi connectivity index (χ1v) is 6.43. The van der Waals surface area contributed by atoms with Crippen molar-refractivity contribution in [2.75, 3.05) is 6.54 Å². The van der Waals surface area contributed by atoms with Crippen LogP contribution < -0.4 is 5.32 Å². The second kappa shape index (κ2) is 6.31. The van der Waals surface area contributed by atoms with E-state index < -0.39 is 0 Å². The molecule has 0 fully saturated rings. The van der Waals surface area contributed by atoms with Gasteiger partial charge in [-0.1, -0.05) is 42.0 Å². The number of aromatic nitrogens is 3. The molecule has 1 heterocycles. The minimum absolute atomic E-state index is 0.780. The molecular formula is C14H20N4. The van der Waals surface area contributed by atoms with Crippen LogP contribution in [0.4, 0.5) is 0 Å². The van der Waals surface area contributed by atoms with Crippen molar-refractivity contribution in [3.05, 3.63) is 47.3 Å². The molecule has 4 nitrogen and oxygen atoms in total. The van der Waals surface area contributed by atoms with Gasteiger partial charge in [-0.3, -0.25) is 0 Å². The highest BCUT2D eigenvalue weighted by Gasteiger charge is 2.01. The molecule has 4 heteroatoms. The second-order valence-corrected chi connectivity index (χ2v) is 4.57. The summed E-state index contributed by atoms with van der Waals surface area (Å²) >= 11 is 0. The molecule has 0 radical (unpaired) electrons. The van der Waals surface area contributed by atoms with E-state index >= 15 is 0 Å². The first-order chi connectivity index (χ1) is 8.78. The molecule has 2 aromatic rings. The summed E-state index contributed by atoms with van der Waals surface area (Å²) < 4.78 is 1.89. The van der Waals surface area contributed by atoms with Crippen molar-refractivity contribution < 1.29 is 0 Å². The van der Waals surface area contributed by atoms with Gasteiger partial charge in [-0.25, -0.2) is 4.68 Å². The summed E-state index contributed by atoms with van der Waals surface area (Å²) in [5.74, 6) is 0. The Balaban J connectivity index is 1.94. The van der Waals surface area contributed by atoms with E-state index in [2.05, 4.69) is 53.7 Å². The predicted molar refractivity (Wildman–Crippen MR) is 72.3 cm³/mol. The van der Waals surface area contributed by atoms with Gasteiger partial charge in [0.25, 0.3) is 0 Å². The number of nitrogens with zero attached hydrogens (tertiary/aromatic N) is 3. The van der Waals surface area contributed by atoms with Crippen LogP contribution in [0.2, 0.25) is 0 Å². The van der Waals surface area contributed by atoms with Crippen LogP contribution in [0, 0.1) is 6.92 Å². The third-order valence-electron chi connectivity index (χ3n) is 2.75. The van der Waals surface area contributed by atoms with E-state index in [1.807, 2.05) is 10.9 Å². The van der Waals surface area contributed by atoms with Crippen LogP contribution in [0.1, 0.15) is 30.2 Å². The van der Waals surface area contributed by atoms with Crippen molar-refractivity contribution in [2.24, 2.45) is 0 Å². The maximum absolute atomic E-state index is 4.16. The van der Waals surface area contributed by atoms with Crippen LogP contribution in [-0.2, 0) is 13.1 Å². The quantitative estimate of drug-likeness (QED) is 0.792. The highest BCUT2D eigenvalue weighted by molar-refractivity contribution is 5.22. The summed E-state index contributed by atoms with van der Waals surface area (Å²) in [6, 6.07) is 8.47. The Bertz CT molecular complexity index is 490. The maximum atomic E-state index is 4.16. The van der Waals surface area contributed by atoms with Crippen molar-refractivity contribution in [3.63, 3.8) is 0 Å². The average molecular weight is 244 g/mol. The normalized spacial score (nSPS) is 10.8. The van der Waals surface area contributed by atoms with Crippen LogP contribution in [-0.4, -0.2) is 21.5 Å². The largest absolute Gasteiger partial charge is 0.311 e. The molecule has 1 aromatic carbocycles. The molecule has 0 saturated carbocycles. The SMILES string of the molecule is CCCNCc1cn(Cc2cccc(C)c2)nn1. The van der Waals surface area contributed by atoms with E-state index in [1.165, 1.54) is 11.1 Å². The van der Waals surface area contributed by atoms with E-state index in [4.69, 9.17) is 0 Å². The first kappa shape index (κ1) is 12.8. The smallest absolute Gasteiger partial charge is 0.0964 e. The lowest BCUT2D eigenvalue weighted by molar-refractivity contribution is 0.645. The zero-order chi connectivity index (χ0) is 12.8.